The summed E-state index contributed by atoms with van der Waals surface area (Å²) in [5.74, 6) is -0.468. The normalized spacial score (nSPS) is 11.2. The molecule has 0 heterocycles. The second-order valence-electron chi connectivity index (χ2n) is 4.67. The van der Waals surface area contributed by atoms with E-state index in [4.69, 9.17) is 11.6 Å². The highest BCUT2D eigenvalue weighted by atomic mass is 35.5. The number of amides is 1. The maximum Gasteiger partial charge on any atom is 0.300 e. The van der Waals surface area contributed by atoms with E-state index in [2.05, 4.69) is 19.2 Å². The van der Waals surface area contributed by atoms with Crippen molar-refractivity contribution in [1.82, 2.24) is 5.32 Å². The molecule has 1 aromatic carbocycles. The molecule has 116 valence electrons. The Bertz CT molecular complexity index is 525. The van der Waals surface area contributed by atoms with Crippen molar-refractivity contribution in [2.45, 2.75) is 31.4 Å². The summed E-state index contributed by atoms with van der Waals surface area (Å²) >= 11 is 7.51. The van der Waals surface area contributed by atoms with Gasteiger partial charge in [-0.3, -0.25) is 14.9 Å². The van der Waals surface area contributed by atoms with Crippen molar-refractivity contribution >= 4 is 35.0 Å². The van der Waals surface area contributed by atoms with Crippen LogP contribution < -0.4 is 5.32 Å². The molecule has 0 bridgehead atoms. The Kier molecular flexibility index (Phi) is 6.48. The molecule has 0 spiro atoms. The minimum atomic E-state index is -0.626. The minimum Gasteiger partial charge on any atom is -0.350 e. The first-order valence-electron chi connectivity index (χ1n) is 6.67. The lowest BCUT2D eigenvalue weighted by atomic mass is 10.0. The first-order chi connectivity index (χ1) is 9.90. The van der Waals surface area contributed by atoms with Crippen molar-refractivity contribution in [3.05, 3.63) is 38.9 Å². The maximum atomic E-state index is 12.2. The summed E-state index contributed by atoms with van der Waals surface area (Å²) in [5, 5.41) is 13.8. The third kappa shape index (κ3) is 4.11. The molecule has 21 heavy (non-hydrogen) atoms. The van der Waals surface area contributed by atoms with Crippen LogP contribution in [0.4, 0.5) is 5.69 Å². The average Bonchev–Trinajstić information content (AvgIpc) is 2.48. The average molecular weight is 331 g/mol. The van der Waals surface area contributed by atoms with Gasteiger partial charge in [0.15, 0.2) is 0 Å². The molecule has 0 saturated heterocycles. The fourth-order valence-electron chi connectivity index (χ4n) is 2.08. The van der Waals surface area contributed by atoms with Crippen molar-refractivity contribution in [1.29, 1.82) is 0 Å². The fourth-order valence-corrected chi connectivity index (χ4v) is 3.12. The smallest absolute Gasteiger partial charge is 0.300 e. The SMILES string of the molecule is CCC(CC)(CNC(=O)c1cccc(Cl)c1[N+](=O)[O-])SC. The lowest BCUT2D eigenvalue weighted by Gasteiger charge is -2.29. The molecule has 0 aromatic heterocycles. The number of nitro benzene ring substituents is 1. The van der Waals surface area contributed by atoms with Crippen molar-refractivity contribution in [3.8, 4) is 0 Å². The van der Waals surface area contributed by atoms with Gasteiger partial charge in [0.05, 0.1) is 4.92 Å². The zero-order valence-corrected chi connectivity index (χ0v) is 13.9. The molecule has 1 rings (SSSR count). The number of rotatable bonds is 7. The first-order valence-corrected chi connectivity index (χ1v) is 8.27. The third-order valence-corrected chi connectivity index (χ3v) is 5.60. The Morgan fingerprint density at radius 2 is 2.05 bits per heavy atom. The Balaban J connectivity index is 2.96. The van der Waals surface area contributed by atoms with Crippen LogP contribution in [0, 0.1) is 10.1 Å². The van der Waals surface area contributed by atoms with Crippen molar-refractivity contribution in [2.24, 2.45) is 0 Å². The van der Waals surface area contributed by atoms with Crippen LogP contribution in [0.15, 0.2) is 18.2 Å². The second-order valence-corrected chi connectivity index (χ2v) is 6.35. The van der Waals surface area contributed by atoms with Crippen LogP contribution in [-0.2, 0) is 0 Å². The molecule has 5 nitrogen and oxygen atoms in total. The Hall–Kier alpha value is -1.27. The molecule has 0 aliphatic heterocycles. The van der Waals surface area contributed by atoms with E-state index >= 15 is 0 Å². The van der Waals surface area contributed by atoms with E-state index in [9.17, 15) is 14.9 Å². The number of thioether (sulfide) groups is 1. The quantitative estimate of drug-likeness (QED) is 0.608. The topological polar surface area (TPSA) is 72.2 Å². The molecule has 0 radical (unpaired) electrons. The van der Waals surface area contributed by atoms with Gasteiger partial charge in [-0.2, -0.15) is 11.8 Å². The lowest BCUT2D eigenvalue weighted by Crippen LogP contribution is -2.39. The molecule has 0 saturated carbocycles. The van der Waals surface area contributed by atoms with E-state index < -0.39 is 10.8 Å². The first kappa shape index (κ1) is 17.8. The molecule has 0 aliphatic rings. The molecule has 0 atom stereocenters. The molecule has 1 N–H and O–H groups in total. The lowest BCUT2D eigenvalue weighted by molar-refractivity contribution is -0.385. The second kappa shape index (κ2) is 7.66. The van der Waals surface area contributed by atoms with E-state index in [-0.39, 0.29) is 21.0 Å². The molecule has 0 fully saturated rings. The van der Waals surface area contributed by atoms with Gasteiger partial charge in [0.25, 0.3) is 5.91 Å². The number of benzene rings is 1. The van der Waals surface area contributed by atoms with Gasteiger partial charge in [-0.15, -0.1) is 0 Å². The van der Waals surface area contributed by atoms with Gasteiger partial charge < -0.3 is 5.32 Å². The highest BCUT2D eigenvalue weighted by Gasteiger charge is 2.28. The maximum absolute atomic E-state index is 12.2. The van der Waals surface area contributed by atoms with Gasteiger partial charge in [-0.1, -0.05) is 31.5 Å². The summed E-state index contributed by atoms with van der Waals surface area (Å²) in [6, 6.07) is 4.35. The Morgan fingerprint density at radius 1 is 1.43 bits per heavy atom. The molecule has 1 aromatic rings. The largest absolute Gasteiger partial charge is 0.350 e. The summed E-state index contributed by atoms with van der Waals surface area (Å²) in [4.78, 5) is 22.7. The number of nitro groups is 1. The molecule has 0 unspecified atom stereocenters. The molecule has 1 amide bonds. The number of carbonyl (C=O) groups is 1. The van der Waals surface area contributed by atoms with E-state index in [1.54, 1.807) is 11.8 Å². The van der Waals surface area contributed by atoms with Crippen LogP contribution in [0.25, 0.3) is 0 Å². The third-order valence-electron chi connectivity index (χ3n) is 3.71. The number of nitrogens with zero attached hydrogens (tertiary/aromatic N) is 1. The van der Waals surface area contributed by atoms with Crippen molar-refractivity contribution in [2.75, 3.05) is 12.8 Å². The summed E-state index contributed by atoms with van der Waals surface area (Å²) in [6.45, 7) is 4.59. The summed E-state index contributed by atoms with van der Waals surface area (Å²) in [6.07, 6.45) is 3.81. The summed E-state index contributed by atoms with van der Waals surface area (Å²) < 4.78 is -0.0526. The van der Waals surface area contributed by atoms with Crippen LogP contribution >= 0.6 is 23.4 Å². The zero-order valence-electron chi connectivity index (χ0n) is 12.3. The number of hydrogen-bond acceptors (Lipinski definition) is 4. The molecule has 7 heteroatoms. The van der Waals surface area contributed by atoms with Gasteiger partial charge in [-0.05, 0) is 31.2 Å². The van der Waals surface area contributed by atoms with Gasteiger partial charge in [-0.25, -0.2) is 0 Å². The predicted molar refractivity (Wildman–Crippen MR) is 87.3 cm³/mol. The van der Waals surface area contributed by atoms with Crippen LogP contribution in [-0.4, -0.2) is 28.4 Å². The van der Waals surface area contributed by atoms with Crippen molar-refractivity contribution < 1.29 is 9.72 Å². The number of halogens is 1. The van der Waals surface area contributed by atoms with Crippen LogP contribution in [0.3, 0.4) is 0 Å². The fraction of sp³-hybridized carbons (Fsp3) is 0.500. The van der Waals surface area contributed by atoms with Gasteiger partial charge in [0.2, 0.25) is 0 Å². The number of hydrogen-bond donors (Lipinski definition) is 1. The number of nitrogens with one attached hydrogen (secondary N) is 1. The summed E-state index contributed by atoms with van der Waals surface area (Å²) in [5.41, 5.74) is -0.353. The van der Waals surface area contributed by atoms with Crippen LogP contribution in [0.5, 0.6) is 0 Å². The summed E-state index contributed by atoms with van der Waals surface area (Å²) in [7, 11) is 0. The Labute approximate surface area is 133 Å². The van der Waals surface area contributed by atoms with Crippen LogP contribution in [0.1, 0.15) is 37.0 Å². The Morgan fingerprint density at radius 3 is 2.52 bits per heavy atom. The van der Waals surface area contributed by atoms with E-state index in [1.165, 1.54) is 18.2 Å². The van der Waals surface area contributed by atoms with Gasteiger partial charge in [0.1, 0.15) is 10.6 Å². The van der Waals surface area contributed by atoms with E-state index in [0.717, 1.165) is 12.8 Å². The number of para-hydroxylation sites is 1. The highest BCUT2D eigenvalue weighted by molar-refractivity contribution is 8.00. The molecule has 0 aliphatic carbocycles. The van der Waals surface area contributed by atoms with E-state index in [1.807, 2.05) is 6.26 Å². The predicted octanol–water partition coefficient (Wildman–Crippen LogP) is 3.90. The highest BCUT2D eigenvalue weighted by Crippen LogP contribution is 2.31. The standard InChI is InChI=1S/C14H19ClN2O3S/c1-4-14(5-2,21-3)9-16-13(18)10-7-6-8-11(15)12(10)17(19)20/h6-8H,4-5,9H2,1-3H3,(H,16,18). The van der Waals surface area contributed by atoms with Gasteiger partial charge >= 0.3 is 5.69 Å². The zero-order chi connectivity index (χ0) is 16.0. The van der Waals surface area contributed by atoms with Crippen LogP contribution in [0.2, 0.25) is 5.02 Å². The minimum absolute atomic E-state index is 0.00490. The monoisotopic (exact) mass is 330 g/mol. The van der Waals surface area contributed by atoms with Crippen molar-refractivity contribution in [3.63, 3.8) is 0 Å². The van der Waals surface area contributed by atoms with E-state index in [0.29, 0.717) is 6.54 Å². The molecular formula is C14H19ClN2O3S. The number of carbonyl (C=O) groups excluding carboxylic acids is 1. The van der Waals surface area contributed by atoms with Gasteiger partial charge in [0, 0.05) is 11.3 Å². The molecular weight excluding hydrogens is 312 g/mol.